The average molecular weight is 1430 g/mol. The first-order chi connectivity index (χ1) is 46.1. The number of unbranched alkanes of at least 4 members (excludes halogenated alkanes) is 1. The number of carboxylic acids is 3. The van der Waals surface area contributed by atoms with E-state index in [4.69, 9.17) is 49.1 Å². The predicted molar refractivity (Wildman–Crippen MR) is 357 cm³/mol. The maximum atomic E-state index is 14.5. The number of nitrogens with zero attached hydrogens (tertiary/aromatic N) is 8. The minimum Gasteiger partial charge on any atom is -0.481 e. The molecule has 1 aliphatic rings. The maximum Gasteiger partial charge on any atom is 0.415 e. The van der Waals surface area contributed by atoms with Gasteiger partial charge in [0.1, 0.15) is 89.9 Å². The number of thiazole rings is 6. The van der Waals surface area contributed by atoms with Gasteiger partial charge in [0.2, 0.25) is 11.8 Å². The molecule has 9 rings (SSSR count). The lowest BCUT2D eigenvalue weighted by Gasteiger charge is -2.24. The van der Waals surface area contributed by atoms with Crippen LogP contribution in [0.4, 0.5) is 10.6 Å². The molecule has 0 radical (unpaired) electrons. The molecule has 0 spiro atoms. The second kappa shape index (κ2) is 33.3. The number of ketones is 1. The summed E-state index contributed by atoms with van der Waals surface area (Å²) < 4.78 is 16.6. The Kier molecular flexibility index (Phi) is 24.8. The van der Waals surface area contributed by atoms with E-state index in [1.165, 1.54) is 47.6 Å². The highest BCUT2D eigenvalue weighted by atomic mass is 32.1. The predicted octanol–water partition coefficient (Wildman–Crippen LogP) is 9.12. The molecule has 8 aromatic rings. The van der Waals surface area contributed by atoms with Gasteiger partial charge in [-0.3, -0.25) is 38.5 Å². The smallest absolute Gasteiger partial charge is 0.415 e. The van der Waals surface area contributed by atoms with E-state index in [0.717, 1.165) is 50.2 Å². The fourth-order valence-electron chi connectivity index (χ4n) is 9.97. The molecule has 0 saturated heterocycles. The molecule has 5 atom stereocenters. The molecule has 1 aliphatic heterocycles. The Labute approximate surface area is 572 Å². The summed E-state index contributed by atoms with van der Waals surface area (Å²) in [6.07, 6.45) is -3.41. The van der Waals surface area contributed by atoms with Gasteiger partial charge in [-0.15, -0.1) is 68.0 Å². The van der Waals surface area contributed by atoms with E-state index in [9.17, 15) is 63.6 Å². The summed E-state index contributed by atoms with van der Waals surface area (Å²) in [5.41, 5.74) is 2.15. The second-order valence-electron chi connectivity index (χ2n) is 22.1. The topological polar surface area (TPSA) is 404 Å². The minimum atomic E-state index is -1.33. The van der Waals surface area contributed by atoms with Crippen LogP contribution < -0.4 is 26.2 Å². The van der Waals surface area contributed by atoms with Gasteiger partial charge >= 0.3 is 24.0 Å². The Hall–Kier alpha value is -8.74. The highest BCUT2D eigenvalue weighted by molar-refractivity contribution is 7.15. The number of aromatic nitrogens is 7. The van der Waals surface area contributed by atoms with Crippen LogP contribution in [0.1, 0.15) is 151 Å². The zero-order valence-corrected chi connectivity index (χ0v) is 57.1. The number of aliphatic hydroxyl groups is 1. The van der Waals surface area contributed by atoms with Crippen molar-refractivity contribution in [2.24, 2.45) is 5.92 Å². The Bertz CT molecular complexity index is 4130. The molecule has 2 unspecified atom stereocenters. The first kappa shape index (κ1) is 71.6. The van der Waals surface area contributed by atoms with Crippen LogP contribution in [0.3, 0.4) is 0 Å². The molecule has 0 fully saturated rings. The van der Waals surface area contributed by atoms with Gasteiger partial charge in [-0.1, -0.05) is 44.2 Å². The normalized spacial score (nSPS) is 16.0. The molecule has 28 nitrogen and oxygen atoms in total. The van der Waals surface area contributed by atoms with Crippen molar-refractivity contribution in [3.63, 3.8) is 0 Å². The molecule has 0 aliphatic carbocycles. The number of hydrogen-bond donors (Lipinski definition) is 8. The lowest BCUT2D eigenvalue weighted by atomic mass is 9.90. The van der Waals surface area contributed by atoms with Gasteiger partial charge in [-0.25, -0.2) is 44.5 Å². The van der Waals surface area contributed by atoms with Crippen LogP contribution >= 0.6 is 68.0 Å². The highest BCUT2D eigenvalue weighted by Crippen LogP contribution is 2.41. The third kappa shape index (κ3) is 18.4. The molecule has 34 heteroatoms. The number of rotatable bonds is 23. The van der Waals surface area contributed by atoms with Gasteiger partial charge in [0.25, 0.3) is 11.8 Å². The van der Waals surface area contributed by atoms with Crippen LogP contribution in [0.25, 0.3) is 43.4 Å². The van der Waals surface area contributed by atoms with Crippen molar-refractivity contribution in [3.8, 4) is 43.4 Å². The van der Waals surface area contributed by atoms with E-state index in [2.05, 4.69) is 21.3 Å². The van der Waals surface area contributed by atoms with E-state index >= 15 is 0 Å². The number of anilines is 1. The van der Waals surface area contributed by atoms with Crippen molar-refractivity contribution in [1.82, 2.24) is 56.2 Å². The van der Waals surface area contributed by atoms with Crippen LogP contribution in [0, 0.1) is 12.8 Å². The van der Waals surface area contributed by atoms with E-state index in [1.54, 1.807) is 60.1 Å². The van der Waals surface area contributed by atoms with Crippen molar-refractivity contribution >= 4 is 127 Å². The van der Waals surface area contributed by atoms with Gasteiger partial charge in [0.15, 0.2) is 5.78 Å². The summed E-state index contributed by atoms with van der Waals surface area (Å²) in [6.45, 7) is 3.81. The van der Waals surface area contributed by atoms with Crippen molar-refractivity contribution < 1.29 is 77.8 Å². The summed E-state index contributed by atoms with van der Waals surface area (Å²) in [4.78, 5) is 155. The Morgan fingerprint density at radius 3 is 2.15 bits per heavy atom. The molecular formula is C62H66N12O16S6. The van der Waals surface area contributed by atoms with E-state index in [1.807, 2.05) is 13.8 Å². The number of hydrogen-bond acceptors (Lipinski definition) is 26. The number of carbonyl (C=O) groups excluding carboxylic acids is 6. The number of aliphatic carboxylic acids is 3. The highest BCUT2D eigenvalue weighted by Gasteiger charge is 2.34. The molecule has 8 heterocycles. The zero-order chi connectivity index (χ0) is 68.7. The van der Waals surface area contributed by atoms with Gasteiger partial charge in [-0.2, -0.15) is 0 Å². The molecule has 8 N–H and O–H groups in total. The van der Waals surface area contributed by atoms with Crippen LogP contribution in [0.5, 0.6) is 0 Å². The molecule has 1 aromatic carbocycles. The molecular weight excluding hydrogens is 1360 g/mol. The van der Waals surface area contributed by atoms with Gasteiger partial charge in [0, 0.05) is 71.3 Å². The number of nitrogens with one attached hydrogen (secondary N) is 4. The van der Waals surface area contributed by atoms with E-state index in [0.29, 0.717) is 53.7 Å². The van der Waals surface area contributed by atoms with E-state index < -0.39 is 91.0 Å². The Morgan fingerprint density at radius 1 is 0.708 bits per heavy atom. The number of fused-ring (bicyclic) bond motifs is 14. The molecule has 96 heavy (non-hydrogen) atoms. The SMILES string of the molecule is CNC(=O)C[C@@H]1NC(=O)c2csc(n2)-c2ccc(-c3nc(N(CCOCC(=O)O)C(=O)OC(CCCCC(=O)O)CCC(=O)O)cs3)nc2-c2csc(n2)-c2csc(n2)[C@H]([C@@H](O)c2ccccc2)NC(=O)CNC(=O)c2nc(sc2COC)C(C(C)C)CC(=O)c2nc1sc2C. The van der Waals surface area contributed by atoms with Crippen molar-refractivity contribution in [3.05, 3.63) is 111 Å². The largest absolute Gasteiger partial charge is 0.481 e. The Balaban J connectivity index is 1.11. The first-order valence-electron chi connectivity index (χ1n) is 29.9. The summed E-state index contributed by atoms with van der Waals surface area (Å²) in [7, 11) is 2.92. The van der Waals surface area contributed by atoms with Crippen molar-refractivity contribution in [1.29, 1.82) is 0 Å². The number of aliphatic hydroxyl groups excluding tert-OH is 1. The van der Waals surface area contributed by atoms with Gasteiger partial charge < -0.3 is 55.9 Å². The average Bonchev–Trinajstić information content (AvgIpc) is 1.56. The fourth-order valence-corrected chi connectivity index (χ4v) is 15.6. The molecule has 10 bridgehead atoms. The Morgan fingerprint density at radius 2 is 1.42 bits per heavy atom. The number of pyridine rings is 1. The van der Waals surface area contributed by atoms with Gasteiger partial charge in [-0.05, 0) is 56.2 Å². The number of benzene rings is 1. The minimum absolute atomic E-state index is 0.00104. The maximum absolute atomic E-state index is 14.5. The monoisotopic (exact) mass is 1430 g/mol. The van der Waals surface area contributed by atoms with Crippen LogP contribution in [0.15, 0.2) is 64.0 Å². The van der Waals surface area contributed by atoms with Crippen LogP contribution in [-0.2, 0) is 44.8 Å². The van der Waals surface area contributed by atoms with Crippen LogP contribution in [0.2, 0.25) is 0 Å². The third-order valence-corrected chi connectivity index (χ3v) is 20.7. The van der Waals surface area contributed by atoms with E-state index in [-0.39, 0.29) is 126 Å². The molecule has 506 valence electrons. The van der Waals surface area contributed by atoms with Crippen molar-refractivity contribution in [2.75, 3.05) is 45.4 Å². The number of amides is 5. The van der Waals surface area contributed by atoms with Crippen molar-refractivity contribution in [2.45, 2.75) is 109 Å². The third-order valence-electron chi connectivity index (χ3n) is 14.9. The number of aryl methyl sites for hydroxylation is 1. The summed E-state index contributed by atoms with van der Waals surface area (Å²) >= 11 is 6.88. The van der Waals surface area contributed by atoms with Gasteiger partial charge in [0.05, 0.1) is 54.3 Å². The molecule has 7 aromatic heterocycles. The number of carboxylic acid groups (broad SMARTS) is 3. The summed E-state index contributed by atoms with van der Waals surface area (Å²) in [5.74, 6) is -6.84. The fraction of sp³-hybridized carbons (Fsp3) is 0.387. The summed E-state index contributed by atoms with van der Waals surface area (Å²) in [5, 5.41) is 59.5. The number of ether oxygens (including phenoxy) is 3. The lowest BCUT2D eigenvalue weighted by molar-refractivity contribution is -0.142. The zero-order valence-electron chi connectivity index (χ0n) is 52.2. The standard InChI is InChI=1S/C62H66N12O16S6/c1-30(2)35-21-41(75)49-31(3)95-60(72-49)37(22-44(76)63-4)66-54(85)39-27-91-56(68-39)34-16-17-36(58-70-43(29-94-58)74(19-20-89-25-48(82)83)62(87)90-33(15-18-47(80)81)13-9-10-14-46(78)79)65-50(34)38-26-92-59(67-38)40-28-93-61(69-40)52(53(84)32-11-7-6-8-12-32)71-45(77)23-64-55(86)51-42(24-88-5)96-57(35)73-51/h6-8,11-12,16-17,26-30,33,35,37,52-53,84H,9-10,13-15,18-25H2,1-5H3,(H,63,76)(H,64,86)(H,66,85)(H,71,77)(H,78,79)(H,80,81)(H,82,83)/t33?,35?,37-,52-,53-/m0/s1. The molecule has 5 amide bonds. The second-order valence-corrected chi connectivity index (χ2v) is 27.9. The lowest BCUT2D eigenvalue weighted by Crippen LogP contribution is -2.40. The number of carbonyl (C=O) groups is 9. The first-order valence-corrected chi connectivity index (χ1v) is 35.1. The number of methoxy groups -OCH3 is 1. The summed E-state index contributed by atoms with van der Waals surface area (Å²) in [6, 6.07) is 9.81. The van der Waals surface area contributed by atoms with Crippen LogP contribution in [-0.4, -0.2) is 155 Å². The number of Topliss-reactive ketones (excluding diaryl/α,β-unsaturated/α-hetero) is 1. The quantitative estimate of drug-likeness (QED) is 0.0277. The molecule has 0 saturated carbocycles.